The van der Waals surface area contributed by atoms with E-state index in [1.807, 2.05) is 12.3 Å². The lowest BCUT2D eigenvalue weighted by atomic mass is 10.00. The van der Waals surface area contributed by atoms with Gasteiger partial charge in [-0.3, -0.25) is 4.79 Å². The third-order valence-electron chi connectivity index (χ3n) is 2.59. The SMILES string of the molecule is CCC(C)(N)C(=O)Nc1nc(C(C)C)cs1. The van der Waals surface area contributed by atoms with Crippen LogP contribution in [0.2, 0.25) is 0 Å². The first-order valence-corrected chi connectivity index (χ1v) is 6.30. The molecule has 0 saturated carbocycles. The summed E-state index contributed by atoms with van der Waals surface area (Å²) in [4.78, 5) is 16.1. The molecule has 0 bridgehead atoms. The Balaban J connectivity index is 2.70. The van der Waals surface area contributed by atoms with Crippen LogP contribution in [0.1, 0.15) is 45.7 Å². The number of carbonyl (C=O) groups excluding carboxylic acids is 1. The molecule has 1 unspecified atom stereocenters. The molecule has 1 atom stereocenters. The van der Waals surface area contributed by atoms with Crippen molar-refractivity contribution in [3.05, 3.63) is 11.1 Å². The molecule has 5 heteroatoms. The van der Waals surface area contributed by atoms with Gasteiger partial charge in [-0.15, -0.1) is 11.3 Å². The van der Waals surface area contributed by atoms with Crippen LogP contribution in [0, 0.1) is 0 Å². The average molecular weight is 241 g/mol. The minimum absolute atomic E-state index is 0.181. The second-order valence-corrected chi connectivity index (χ2v) is 5.32. The molecular formula is C11H19N3OS. The van der Waals surface area contributed by atoms with Gasteiger partial charge in [0, 0.05) is 5.38 Å². The largest absolute Gasteiger partial charge is 0.318 e. The third kappa shape index (κ3) is 3.02. The maximum atomic E-state index is 11.8. The molecule has 1 heterocycles. The van der Waals surface area contributed by atoms with Crippen LogP contribution in [0.3, 0.4) is 0 Å². The molecule has 1 aromatic heterocycles. The van der Waals surface area contributed by atoms with Gasteiger partial charge in [0.05, 0.1) is 11.2 Å². The maximum absolute atomic E-state index is 11.8. The van der Waals surface area contributed by atoms with Crippen molar-refractivity contribution in [3.63, 3.8) is 0 Å². The molecule has 0 aliphatic carbocycles. The Morgan fingerprint density at radius 3 is 2.75 bits per heavy atom. The van der Waals surface area contributed by atoms with Crippen LogP contribution in [0.5, 0.6) is 0 Å². The van der Waals surface area contributed by atoms with E-state index in [1.54, 1.807) is 6.92 Å². The van der Waals surface area contributed by atoms with Gasteiger partial charge in [0.25, 0.3) is 0 Å². The van der Waals surface area contributed by atoms with Crippen LogP contribution in [0.15, 0.2) is 5.38 Å². The highest BCUT2D eigenvalue weighted by atomic mass is 32.1. The number of amides is 1. The monoisotopic (exact) mass is 241 g/mol. The Bertz CT molecular complexity index is 371. The molecule has 3 N–H and O–H groups in total. The van der Waals surface area contributed by atoms with Gasteiger partial charge in [-0.05, 0) is 19.3 Å². The highest BCUT2D eigenvalue weighted by Crippen LogP contribution is 2.22. The van der Waals surface area contributed by atoms with Gasteiger partial charge >= 0.3 is 0 Å². The summed E-state index contributed by atoms with van der Waals surface area (Å²) in [6.45, 7) is 7.75. The molecule has 1 amide bonds. The smallest absolute Gasteiger partial charge is 0.245 e. The number of anilines is 1. The molecule has 1 rings (SSSR count). The predicted octanol–water partition coefficient (Wildman–Crippen LogP) is 2.33. The van der Waals surface area contributed by atoms with Crippen LogP contribution in [-0.2, 0) is 4.79 Å². The fourth-order valence-electron chi connectivity index (χ4n) is 1.01. The molecule has 0 aliphatic heterocycles. The zero-order chi connectivity index (χ0) is 12.3. The fraction of sp³-hybridized carbons (Fsp3) is 0.636. The first-order chi connectivity index (χ1) is 7.36. The van der Waals surface area contributed by atoms with Crippen molar-refractivity contribution in [2.24, 2.45) is 5.73 Å². The summed E-state index contributed by atoms with van der Waals surface area (Å²) in [5.74, 6) is 0.192. The van der Waals surface area contributed by atoms with Crippen LogP contribution < -0.4 is 11.1 Å². The van der Waals surface area contributed by atoms with E-state index in [-0.39, 0.29) is 5.91 Å². The van der Waals surface area contributed by atoms with E-state index in [0.29, 0.717) is 17.5 Å². The van der Waals surface area contributed by atoms with Crippen molar-refractivity contribution in [2.45, 2.75) is 45.6 Å². The van der Waals surface area contributed by atoms with Crippen molar-refractivity contribution < 1.29 is 4.79 Å². The van der Waals surface area contributed by atoms with E-state index in [1.165, 1.54) is 11.3 Å². The van der Waals surface area contributed by atoms with Crippen LogP contribution in [0.4, 0.5) is 5.13 Å². The summed E-state index contributed by atoms with van der Waals surface area (Å²) in [6.07, 6.45) is 0.598. The van der Waals surface area contributed by atoms with Crippen molar-refractivity contribution >= 4 is 22.4 Å². The Morgan fingerprint density at radius 2 is 2.31 bits per heavy atom. The number of thiazole rings is 1. The average Bonchev–Trinajstić information content (AvgIpc) is 2.66. The molecule has 0 saturated heterocycles. The molecule has 16 heavy (non-hydrogen) atoms. The normalized spacial score (nSPS) is 14.9. The Morgan fingerprint density at radius 1 is 1.69 bits per heavy atom. The highest BCUT2D eigenvalue weighted by Gasteiger charge is 2.26. The minimum Gasteiger partial charge on any atom is -0.318 e. The van der Waals surface area contributed by atoms with Crippen molar-refractivity contribution in [3.8, 4) is 0 Å². The van der Waals surface area contributed by atoms with Crippen molar-refractivity contribution in [1.29, 1.82) is 0 Å². The standard InChI is InChI=1S/C11H19N3OS/c1-5-11(4,12)9(15)14-10-13-8(6-16-10)7(2)3/h6-7H,5,12H2,1-4H3,(H,13,14,15). The number of nitrogens with zero attached hydrogens (tertiary/aromatic N) is 1. The summed E-state index contributed by atoms with van der Waals surface area (Å²) in [5.41, 5.74) is 6.00. The van der Waals surface area contributed by atoms with Gasteiger partial charge < -0.3 is 11.1 Å². The number of rotatable bonds is 4. The highest BCUT2D eigenvalue weighted by molar-refractivity contribution is 7.13. The second-order valence-electron chi connectivity index (χ2n) is 4.46. The minimum atomic E-state index is -0.830. The lowest BCUT2D eigenvalue weighted by Crippen LogP contribution is -2.47. The molecule has 1 aromatic rings. The summed E-state index contributed by atoms with van der Waals surface area (Å²) in [7, 11) is 0. The van der Waals surface area contributed by atoms with E-state index in [0.717, 1.165) is 5.69 Å². The first kappa shape index (κ1) is 13.1. The van der Waals surface area contributed by atoms with E-state index in [4.69, 9.17) is 5.73 Å². The van der Waals surface area contributed by atoms with Gasteiger partial charge in [0.2, 0.25) is 5.91 Å². The number of aromatic nitrogens is 1. The molecular weight excluding hydrogens is 222 g/mol. The number of hydrogen-bond acceptors (Lipinski definition) is 4. The van der Waals surface area contributed by atoms with Crippen LogP contribution in [0.25, 0.3) is 0 Å². The first-order valence-electron chi connectivity index (χ1n) is 5.42. The van der Waals surface area contributed by atoms with Gasteiger partial charge in [0.15, 0.2) is 5.13 Å². The summed E-state index contributed by atoms with van der Waals surface area (Å²) < 4.78 is 0. The van der Waals surface area contributed by atoms with E-state index in [9.17, 15) is 4.79 Å². The zero-order valence-corrected chi connectivity index (χ0v) is 11.0. The number of carbonyl (C=O) groups is 1. The van der Waals surface area contributed by atoms with Gasteiger partial charge in [-0.1, -0.05) is 20.8 Å². The number of hydrogen-bond donors (Lipinski definition) is 2. The third-order valence-corrected chi connectivity index (χ3v) is 3.36. The molecule has 0 spiro atoms. The van der Waals surface area contributed by atoms with E-state index < -0.39 is 5.54 Å². The lowest BCUT2D eigenvalue weighted by molar-refractivity contribution is -0.120. The molecule has 4 nitrogen and oxygen atoms in total. The number of nitrogens with two attached hydrogens (primary N) is 1. The van der Waals surface area contributed by atoms with Crippen molar-refractivity contribution in [1.82, 2.24) is 4.98 Å². The van der Waals surface area contributed by atoms with Gasteiger partial charge in [0.1, 0.15) is 0 Å². The van der Waals surface area contributed by atoms with Crippen molar-refractivity contribution in [2.75, 3.05) is 5.32 Å². The Hall–Kier alpha value is -0.940. The molecule has 90 valence electrons. The molecule has 0 fully saturated rings. The molecule has 0 radical (unpaired) electrons. The van der Waals surface area contributed by atoms with E-state index >= 15 is 0 Å². The Labute approximate surface area is 100 Å². The zero-order valence-electron chi connectivity index (χ0n) is 10.2. The topological polar surface area (TPSA) is 68.0 Å². The fourth-order valence-corrected chi connectivity index (χ4v) is 1.88. The molecule has 0 aromatic carbocycles. The number of nitrogens with one attached hydrogen (secondary N) is 1. The summed E-state index contributed by atoms with van der Waals surface area (Å²) in [5, 5.41) is 5.33. The lowest BCUT2D eigenvalue weighted by Gasteiger charge is -2.20. The van der Waals surface area contributed by atoms with Gasteiger partial charge in [-0.25, -0.2) is 4.98 Å². The maximum Gasteiger partial charge on any atom is 0.245 e. The van der Waals surface area contributed by atoms with E-state index in [2.05, 4.69) is 24.1 Å². The predicted molar refractivity (Wildman–Crippen MR) is 67.7 cm³/mol. The summed E-state index contributed by atoms with van der Waals surface area (Å²) in [6, 6.07) is 0. The second kappa shape index (κ2) is 4.93. The summed E-state index contributed by atoms with van der Waals surface area (Å²) >= 11 is 1.43. The quantitative estimate of drug-likeness (QED) is 0.850. The van der Waals surface area contributed by atoms with Gasteiger partial charge in [-0.2, -0.15) is 0 Å². The van der Waals surface area contributed by atoms with Crippen LogP contribution in [-0.4, -0.2) is 16.4 Å². The Kier molecular flexibility index (Phi) is 4.04. The molecule has 0 aliphatic rings. The van der Waals surface area contributed by atoms with Crippen LogP contribution >= 0.6 is 11.3 Å².